The van der Waals surface area contributed by atoms with Crippen LogP contribution in [0.2, 0.25) is 0 Å². The quantitative estimate of drug-likeness (QED) is 0.601. The van der Waals surface area contributed by atoms with Gasteiger partial charge in [0.05, 0.1) is 0 Å². The molecule has 1 aromatic rings. The second-order valence-corrected chi connectivity index (χ2v) is 4.02. The molecule has 0 unspecified atom stereocenters. The van der Waals surface area contributed by atoms with Crippen molar-refractivity contribution in [2.75, 3.05) is 0 Å². The van der Waals surface area contributed by atoms with Crippen LogP contribution in [-0.2, 0) is 0 Å². The number of nitrogens with zero attached hydrogens (tertiary/aromatic N) is 1. The predicted molar refractivity (Wildman–Crippen MR) is 61.4 cm³/mol. The average Bonchev–Trinajstić information content (AvgIpc) is 3.10. The molecular formula is C12H14N2O2. The van der Waals surface area contributed by atoms with E-state index in [2.05, 4.69) is 10.5 Å². The van der Waals surface area contributed by atoms with E-state index in [9.17, 15) is 4.79 Å². The summed E-state index contributed by atoms with van der Waals surface area (Å²) in [6.45, 7) is 1.93. The van der Waals surface area contributed by atoms with Crippen molar-refractivity contribution in [3.05, 3.63) is 29.8 Å². The molecule has 4 nitrogen and oxygen atoms in total. The first kappa shape index (κ1) is 10.7. The maximum atomic E-state index is 11.6. The summed E-state index contributed by atoms with van der Waals surface area (Å²) < 4.78 is 0. The van der Waals surface area contributed by atoms with E-state index in [-0.39, 0.29) is 11.7 Å². The molecule has 0 saturated heterocycles. The van der Waals surface area contributed by atoms with Gasteiger partial charge in [0.25, 0.3) is 5.91 Å². The largest absolute Gasteiger partial charge is 0.508 e. The lowest BCUT2D eigenvalue weighted by Crippen LogP contribution is -2.19. The van der Waals surface area contributed by atoms with Crippen LogP contribution in [0.1, 0.15) is 30.1 Å². The first-order valence-corrected chi connectivity index (χ1v) is 5.30. The lowest BCUT2D eigenvalue weighted by atomic mass is 10.2. The Hall–Kier alpha value is -1.84. The standard InChI is InChI=1S/C12H14N2O2/c1-8(9-2-3-9)13-14-12(16)10-4-6-11(15)7-5-10/h4-7,9,15H,2-3H2,1H3,(H,14,16)/b13-8+. The van der Waals surface area contributed by atoms with Crippen LogP contribution in [0, 0.1) is 5.92 Å². The van der Waals surface area contributed by atoms with Crippen molar-refractivity contribution >= 4 is 11.6 Å². The van der Waals surface area contributed by atoms with Gasteiger partial charge in [-0.2, -0.15) is 5.10 Å². The fourth-order valence-corrected chi connectivity index (χ4v) is 1.41. The van der Waals surface area contributed by atoms with Gasteiger partial charge >= 0.3 is 0 Å². The minimum Gasteiger partial charge on any atom is -0.508 e. The number of aromatic hydroxyl groups is 1. The van der Waals surface area contributed by atoms with Crippen molar-refractivity contribution in [2.24, 2.45) is 11.0 Å². The van der Waals surface area contributed by atoms with Crippen molar-refractivity contribution in [3.8, 4) is 5.75 Å². The molecule has 2 rings (SSSR count). The SMILES string of the molecule is C/C(=N\NC(=O)c1ccc(O)cc1)C1CC1. The van der Waals surface area contributed by atoms with Crippen molar-refractivity contribution < 1.29 is 9.90 Å². The zero-order valence-corrected chi connectivity index (χ0v) is 9.10. The number of carbonyl (C=O) groups is 1. The Bertz CT molecular complexity index is 419. The van der Waals surface area contributed by atoms with E-state index in [0.29, 0.717) is 11.5 Å². The van der Waals surface area contributed by atoms with Gasteiger partial charge < -0.3 is 5.11 Å². The number of phenols is 1. The molecule has 1 aromatic carbocycles. The molecule has 16 heavy (non-hydrogen) atoms. The zero-order chi connectivity index (χ0) is 11.5. The molecular weight excluding hydrogens is 204 g/mol. The minimum atomic E-state index is -0.250. The maximum absolute atomic E-state index is 11.6. The van der Waals surface area contributed by atoms with Crippen LogP contribution < -0.4 is 5.43 Å². The number of carbonyl (C=O) groups excluding carboxylic acids is 1. The summed E-state index contributed by atoms with van der Waals surface area (Å²) in [5, 5.41) is 13.1. The summed E-state index contributed by atoms with van der Waals surface area (Å²) in [5.74, 6) is 0.453. The molecule has 0 heterocycles. The summed E-state index contributed by atoms with van der Waals surface area (Å²) >= 11 is 0. The third-order valence-corrected chi connectivity index (χ3v) is 2.63. The Balaban J connectivity index is 1.97. The topological polar surface area (TPSA) is 61.7 Å². The van der Waals surface area contributed by atoms with Crippen LogP contribution >= 0.6 is 0 Å². The summed E-state index contributed by atoms with van der Waals surface area (Å²) in [7, 11) is 0. The molecule has 2 N–H and O–H groups in total. The van der Waals surface area contributed by atoms with E-state index < -0.39 is 0 Å². The highest BCUT2D eigenvalue weighted by Gasteiger charge is 2.24. The van der Waals surface area contributed by atoms with Crippen LogP contribution in [0.3, 0.4) is 0 Å². The van der Waals surface area contributed by atoms with Gasteiger partial charge in [-0.1, -0.05) is 0 Å². The molecule has 1 aliphatic carbocycles. The van der Waals surface area contributed by atoms with Crippen LogP contribution in [0.5, 0.6) is 5.75 Å². The smallest absolute Gasteiger partial charge is 0.271 e. The molecule has 1 aliphatic rings. The predicted octanol–water partition coefficient (Wildman–Crippen LogP) is 1.91. The molecule has 0 radical (unpaired) electrons. The average molecular weight is 218 g/mol. The van der Waals surface area contributed by atoms with E-state index in [4.69, 9.17) is 5.11 Å². The van der Waals surface area contributed by atoms with Gasteiger partial charge in [-0.05, 0) is 49.9 Å². The molecule has 84 valence electrons. The second-order valence-electron chi connectivity index (χ2n) is 4.02. The molecule has 0 aromatic heterocycles. The van der Waals surface area contributed by atoms with Gasteiger partial charge in [0.15, 0.2) is 0 Å². The second kappa shape index (κ2) is 4.35. The number of nitrogens with one attached hydrogen (secondary N) is 1. The Kier molecular flexibility index (Phi) is 2.90. The van der Waals surface area contributed by atoms with Crippen molar-refractivity contribution in [1.82, 2.24) is 5.43 Å². The Morgan fingerprint density at radius 3 is 2.56 bits per heavy atom. The van der Waals surface area contributed by atoms with E-state index in [1.165, 1.54) is 25.0 Å². The van der Waals surface area contributed by atoms with E-state index in [1.54, 1.807) is 12.1 Å². The van der Waals surface area contributed by atoms with Crippen molar-refractivity contribution in [2.45, 2.75) is 19.8 Å². The van der Waals surface area contributed by atoms with Gasteiger partial charge in [0, 0.05) is 11.3 Å². The van der Waals surface area contributed by atoms with Crippen LogP contribution in [0.4, 0.5) is 0 Å². The summed E-state index contributed by atoms with van der Waals surface area (Å²) in [6.07, 6.45) is 2.34. The van der Waals surface area contributed by atoms with E-state index >= 15 is 0 Å². The van der Waals surface area contributed by atoms with Gasteiger partial charge in [-0.15, -0.1) is 0 Å². The summed E-state index contributed by atoms with van der Waals surface area (Å²) in [5.41, 5.74) is 3.98. The van der Waals surface area contributed by atoms with Crippen LogP contribution in [-0.4, -0.2) is 16.7 Å². The monoisotopic (exact) mass is 218 g/mol. The normalized spacial score (nSPS) is 15.9. The van der Waals surface area contributed by atoms with Gasteiger partial charge in [-0.25, -0.2) is 5.43 Å². The lowest BCUT2D eigenvalue weighted by molar-refractivity contribution is 0.0954. The number of phenolic OH excluding ortho intramolecular Hbond substituents is 1. The zero-order valence-electron chi connectivity index (χ0n) is 9.10. The number of benzene rings is 1. The fourth-order valence-electron chi connectivity index (χ4n) is 1.41. The van der Waals surface area contributed by atoms with E-state index in [0.717, 1.165) is 5.71 Å². The van der Waals surface area contributed by atoms with Gasteiger partial charge in [0.1, 0.15) is 5.75 Å². The highest BCUT2D eigenvalue weighted by Crippen LogP contribution is 2.30. The molecule has 1 amide bonds. The van der Waals surface area contributed by atoms with Crippen LogP contribution in [0.15, 0.2) is 29.4 Å². The van der Waals surface area contributed by atoms with Gasteiger partial charge in [0.2, 0.25) is 0 Å². The van der Waals surface area contributed by atoms with Gasteiger partial charge in [-0.3, -0.25) is 4.79 Å². The molecule has 1 fully saturated rings. The highest BCUT2D eigenvalue weighted by molar-refractivity contribution is 5.95. The fraction of sp³-hybridized carbons (Fsp3) is 0.333. The number of hydrogen-bond donors (Lipinski definition) is 2. The maximum Gasteiger partial charge on any atom is 0.271 e. The number of hydrazone groups is 1. The molecule has 0 atom stereocenters. The third kappa shape index (κ3) is 2.59. The van der Waals surface area contributed by atoms with E-state index in [1.807, 2.05) is 6.92 Å². The first-order valence-electron chi connectivity index (χ1n) is 5.30. The summed E-state index contributed by atoms with van der Waals surface area (Å²) in [6, 6.07) is 6.08. The Morgan fingerprint density at radius 1 is 1.38 bits per heavy atom. The molecule has 0 aliphatic heterocycles. The molecule has 4 heteroatoms. The summed E-state index contributed by atoms with van der Waals surface area (Å²) in [4.78, 5) is 11.6. The number of amides is 1. The van der Waals surface area contributed by atoms with Crippen molar-refractivity contribution in [3.63, 3.8) is 0 Å². The van der Waals surface area contributed by atoms with Crippen molar-refractivity contribution in [1.29, 1.82) is 0 Å². The Labute approximate surface area is 94.0 Å². The molecule has 1 saturated carbocycles. The molecule has 0 bridgehead atoms. The highest BCUT2D eigenvalue weighted by atomic mass is 16.3. The molecule has 0 spiro atoms. The first-order chi connectivity index (χ1) is 7.66. The number of rotatable bonds is 3. The van der Waals surface area contributed by atoms with Crippen LogP contribution in [0.25, 0.3) is 0 Å². The lowest BCUT2D eigenvalue weighted by Gasteiger charge is -2.01. The number of hydrogen-bond acceptors (Lipinski definition) is 3. The third-order valence-electron chi connectivity index (χ3n) is 2.63. The Morgan fingerprint density at radius 2 is 2.00 bits per heavy atom. The minimum absolute atomic E-state index is 0.147.